The van der Waals surface area contributed by atoms with Crippen LogP contribution in [0.5, 0.6) is 11.5 Å². The highest BCUT2D eigenvalue weighted by molar-refractivity contribution is 7.99. The molecule has 0 unspecified atom stereocenters. The van der Waals surface area contributed by atoms with Gasteiger partial charge in [0.05, 0.1) is 12.0 Å². The van der Waals surface area contributed by atoms with Crippen LogP contribution in [0.3, 0.4) is 0 Å². The number of hydrogen-bond acceptors (Lipinski definition) is 9. The van der Waals surface area contributed by atoms with E-state index in [9.17, 15) is 9.59 Å². The monoisotopic (exact) mass is 442 g/mol. The third-order valence-corrected chi connectivity index (χ3v) is 5.80. The van der Waals surface area contributed by atoms with Gasteiger partial charge in [-0.1, -0.05) is 11.8 Å². The van der Waals surface area contributed by atoms with Crippen molar-refractivity contribution in [3.63, 3.8) is 0 Å². The Hall–Kier alpha value is -3.47. The van der Waals surface area contributed by atoms with Gasteiger partial charge in [-0.2, -0.15) is 0 Å². The molecule has 0 N–H and O–H groups in total. The smallest absolute Gasteiger partial charge is 0.289 e. The second-order valence-corrected chi connectivity index (χ2v) is 7.81. The number of thioether (sulfide) groups is 1. The van der Waals surface area contributed by atoms with E-state index >= 15 is 0 Å². The number of fused-ring (bicyclic) bond motifs is 1. The van der Waals surface area contributed by atoms with Gasteiger partial charge in [0.2, 0.25) is 18.6 Å². The van der Waals surface area contributed by atoms with Gasteiger partial charge in [-0.15, -0.1) is 10.2 Å². The molecule has 0 spiro atoms. The summed E-state index contributed by atoms with van der Waals surface area (Å²) < 4.78 is 21.5. The first-order valence-corrected chi connectivity index (χ1v) is 10.6. The summed E-state index contributed by atoms with van der Waals surface area (Å²) in [7, 11) is 0. The summed E-state index contributed by atoms with van der Waals surface area (Å²) in [4.78, 5) is 28.3. The maximum absolute atomic E-state index is 12.5. The van der Waals surface area contributed by atoms with Gasteiger partial charge in [-0.3, -0.25) is 9.59 Å². The van der Waals surface area contributed by atoms with Gasteiger partial charge in [0, 0.05) is 31.7 Å². The molecule has 160 valence electrons. The van der Waals surface area contributed by atoms with Crippen LogP contribution in [0.2, 0.25) is 0 Å². The number of rotatable bonds is 5. The van der Waals surface area contributed by atoms with E-state index in [0.717, 1.165) is 0 Å². The molecule has 2 amide bonds. The summed E-state index contributed by atoms with van der Waals surface area (Å²) in [5.41, 5.74) is 0.715. The van der Waals surface area contributed by atoms with Crippen molar-refractivity contribution in [2.24, 2.45) is 0 Å². The largest absolute Gasteiger partial charge is 0.459 e. The fourth-order valence-corrected chi connectivity index (χ4v) is 4.01. The Labute approximate surface area is 181 Å². The maximum Gasteiger partial charge on any atom is 0.289 e. The molecule has 4 heterocycles. The van der Waals surface area contributed by atoms with Crippen LogP contribution >= 0.6 is 11.8 Å². The maximum atomic E-state index is 12.5. The summed E-state index contributed by atoms with van der Waals surface area (Å²) in [5, 5.41) is 8.36. The van der Waals surface area contributed by atoms with Crippen molar-refractivity contribution in [2.45, 2.75) is 5.22 Å². The van der Waals surface area contributed by atoms with Crippen LogP contribution in [0.15, 0.2) is 50.7 Å². The molecule has 0 aliphatic carbocycles. The Morgan fingerprint density at radius 3 is 2.61 bits per heavy atom. The fourth-order valence-electron chi connectivity index (χ4n) is 3.34. The molecule has 3 aromatic rings. The van der Waals surface area contributed by atoms with Crippen LogP contribution in [0.4, 0.5) is 0 Å². The van der Waals surface area contributed by atoms with Gasteiger partial charge in [0.15, 0.2) is 17.3 Å². The number of hydrogen-bond donors (Lipinski definition) is 0. The first-order chi connectivity index (χ1) is 15.2. The first-order valence-electron chi connectivity index (χ1n) is 9.64. The minimum Gasteiger partial charge on any atom is -0.459 e. The first kappa shape index (κ1) is 19.5. The highest BCUT2D eigenvalue weighted by Crippen LogP contribution is 2.36. The van der Waals surface area contributed by atoms with E-state index in [-0.39, 0.29) is 24.4 Å². The molecule has 0 bridgehead atoms. The lowest BCUT2D eigenvalue weighted by Gasteiger charge is -2.34. The van der Waals surface area contributed by atoms with Crippen molar-refractivity contribution < 1.29 is 27.9 Å². The highest BCUT2D eigenvalue weighted by atomic mass is 32.2. The molecule has 2 aliphatic rings. The van der Waals surface area contributed by atoms with Gasteiger partial charge in [-0.25, -0.2) is 0 Å². The minimum atomic E-state index is -0.159. The number of furan rings is 1. The average molecular weight is 442 g/mol. The molecule has 0 saturated carbocycles. The van der Waals surface area contributed by atoms with Crippen molar-refractivity contribution >= 4 is 23.6 Å². The van der Waals surface area contributed by atoms with E-state index in [1.165, 1.54) is 18.0 Å². The van der Waals surface area contributed by atoms with Gasteiger partial charge < -0.3 is 28.1 Å². The highest BCUT2D eigenvalue weighted by Gasteiger charge is 2.26. The van der Waals surface area contributed by atoms with Gasteiger partial charge in [0.1, 0.15) is 0 Å². The van der Waals surface area contributed by atoms with Crippen LogP contribution in [0.1, 0.15) is 10.6 Å². The SMILES string of the molecule is O=C(CSc1nnc(-c2ccc3c(c2)OCO3)o1)N1CCN(C(=O)c2ccco2)CC1. The number of ether oxygens (including phenoxy) is 2. The summed E-state index contributed by atoms with van der Waals surface area (Å²) >= 11 is 1.19. The van der Waals surface area contributed by atoms with E-state index < -0.39 is 0 Å². The van der Waals surface area contributed by atoms with Crippen molar-refractivity contribution in [3.05, 3.63) is 42.4 Å². The number of carbonyl (C=O) groups is 2. The Balaban J connectivity index is 1.13. The van der Waals surface area contributed by atoms with E-state index in [1.54, 1.807) is 34.1 Å². The predicted molar refractivity (Wildman–Crippen MR) is 108 cm³/mol. The van der Waals surface area contributed by atoms with Crippen LogP contribution in [-0.2, 0) is 4.79 Å². The zero-order chi connectivity index (χ0) is 21.2. The third kappa shape index (κ3) is 4.08. The second-order valence-electron chi connectivity index (χ2n) is 6.88. The Kier molecular flexibility index (Phi) is 5.24. The van der Waals surface area contributed by atoms with Crippen molar-refractivity contribution in [2.75, 3.05) is 38.7 Å². The number of nitrogens with zero attached hydrogens (tertiary/aromatic N) is 4. The predicted octanol–water partition coefficient (Wildman–Crippen LogP) is 2.13. The lowest BCUT2D eigenvalue weighted by Crippen LogP contribution is -2.51. The molecule has 1 aromatic carbocycles. The quantitative estimate of drug-likeness (QED) is 0.549. The van der Waals surface area contributed by atoms with Crippen LogP contribution in [-0.4, -0.2) is 70.5 Å². The van der Waals surface area contributed by atoms with Gasteiger partial charge in [-0.05, 0) is 30.3 Å². The number of aromatic nitrogens is 2. The fraction of sp³-hybridized carbons (Fsp3) is 0.300. The molecule has 11 heteroatoms. The zero-order valence-electron chi connectivity index (χ0n) is 16.4. The van der Waals surface area contributed by atoms with Gasteiger partial charge in [0.25, 0.3) is 11.1 Å². The van der Waals surface area contributed by atoms with Crippen molar-refractivity contribution in [3.8, 4) is 23.0 Å². The van der Waals surface area contributed by atoms with Crippen molar-refractivity contribution in [1.82, 2.24) is 20.0 Å². The zero-order valence-corrected chi connectivity index (χ0v) is 17.2. The van der Waals surface area contributed by atoms with Crippen molar-refractivity contribution in [1.29, 1.82) is 0 Å². The van der Waals surface area contributed by atoms with E-state index in [1.807, 2.05) is 6.07 Å². The molecular formula is C20H18N4O6S. The minimum absolute atomic E-state index is 0.0436. The lowest BCUT2D eigenvalue weighted by molar-refractivity contribution is -0.129. The summed E-state index contributed by atoms with van der Waals surface area (Å²) in [6.45, 7) is 2.06. The summed E-state index contributed by atoms with van der Waals surface area (Å²) in [6.07, 6.45) is 1.47. The Morgan fingerprint density at radius 1 is 1.00 bits per heavy atom. The standard InChI is InChI=1S/C20H18N4O6S/c25-17(23-5-7-24(8-6-23)19(26)15-2-1-9-27-15)11-31-20-22-21-18(30-20)13-3-4-14-16(10-13)29-12-28-14/h1-4,9-10H,5-8,11-12H2. The molecule has 10 nitrogen and oxygen atoms in total. The van der Waals surface area contributed by atoms with E-state index in [2.05, 4.69) is 10.2 Å². The number of amides is 2. The number of carbonyl (C=O) groups excluding carboxylic acids is 2. The molecule has 1 saturated heterocycles. The molecule has 0 atom stereocenters. The normalized spacial score (nSPS) is 15.4. The van der Waals surface area contributed by atoms with Gasteiger partial charge >= 0.3 is 0 Å². The van der Waals surface area contributed by atoms with Crippen LogP contribution < -0.4 is 9.47 Å². The Bertz CT molecular complexity index is 1090. The summed E-state index contributed by atoms with van der Waals surface area (Å²) in [5.74, 6) is 1.93. The second kappa shape index (κ2) is 8.34. The molecule has 2 aromatic heterocycles. The van der Waals surface area contributed by atoms with Crippen LogP contribution in [0.25, 0.3) is 11.5 Å². The van der Waals surface area contributed by atoms with E-state index in [0.29, 0.717) is 60.1 Å². The summed E-state index contributed by atoms with van der Waals surface area (Å²) in [6, 6.07) is 8.69. The number of piperazine rings is 1. The third-order valence-electron chi connectivity index (χ3n) is 5.00. The molecule has 1 fully saturated rings. The molecule has 2 aliphatic heterocycles. The molecule has 5 rings (SSSR count). The number of benzene rings is 1. The topological polar surface area (TPSA) is 111 Å². The molecule has 0 radical (unpaired) electrons. The van der Waals surface area contributed by atoms with Crippen LogP contribution in [0, 0.1) is 0 Å². The average Bonchev–Trinajstić information content (AvgIpc) is 3.58. The lowest BCUT2D eigenvalue weighted by atomic mass is 10.2. The Morgan fingerprint density at radius 2 is 1.81 bits per heavy atom. The van der Waals surface area contributed by atoms with E-state index in [4.69, 9.17) is 18.3 Å². The molecular weight excluding hydrogens is 424 g/mol. The molecule has 31 heavy (non-hydrogen) atoms.